The maximum Gasteiger partial charge on any atom is 0.500 e. The predicted molar refractivity (Wildman–Crippen MR) is 123 cm³/mol. The van der Waals surface area contributed by atoms with E-state index in [0.29, 0.717) is 0 Å². The molecule has 0 amide bonds. The van der Waals surface area contributed by atoms with Gasteiger partial charge in [-0.1, -0.05) is 77.6 Å². The van der Waals surface area contributed by atoms with Crippen molar-refractivity contribution in [1.82, 2.24) is 10.6 Å². The lowest BCUT2D eigenvalue weighted by Crippen LogP contribution is -2.43. The zero-order chi connectivity index (χ0) is 20.8. The van der Waals surface area contributed by atoms with Crippen LogP contribution in [-0.4, -0.2) is 56.3 Å². The predicted octanol–water partition coefficient (Wildman–Crippen LogP) is 5.13. The van der Waals surface area contributed by atoms with Gasteiger partial charge in [0.05, 0.1) is 0 Å². The van der Waals surface area contributed by atoms with Crippen LogP contribution in [0.5, 0.6) is 0 Å². The Morgan fingerprint density at radius 1 is 0.500 bits per heavy atom. The Bertz CT molecular complexity index is 297. The first-order chi connectivity index (χ1) is 13.7. The van der Waals surface area contributed by atoms with E-state index in [9.17, 15) is 0 Å². The van der Waals surface area contributed by atoms with Gasteiger partial charge in [0.1, 0.15) is 0 Å². The fourth-order valence-electron chi connectivity index (χ4n) is 3.50. The molecular formula is C22H50N2O3Si. The molecule has 0 heterocycles. The summed E-state index contributed by atoms with van der Waals surface area (Å²) < 4.78 is 16.3. The second kappa shape index (κ2) is 21.7. The molecule has 0 aromatic carbocycles. The van der Waals surface area contributed by atoms with Gasteiger partial charge in [-0.25, -0.2) is 0 Å². The molecule has 0 spiro atoms. The molecule has 0 aliphatic rings. The van der Waals surface area contributed by atoms with Crippen LogP contribution in [0.4, 0.5) is 0 Å². The van der Waals surface area contributed by atoms with Crippen molar-refractivity contribution >= 4 is 8.80 Å². The maximum absolute atomic E-state index is 5.43. The highest BCUT2D eigenvalue weighted by molar-refractivity contribution is 6.60. The summed E-state index contributed by atoms with van der Waals surface area (Å²) in [7, 11) is 2.63. The lowest BCUT2D eigenvalue weighted by molar-refractivity contribution is 0.123. The van der Waals surface area contributed by atoms with Crippen molar-refractivity contribution in [3.8, 4) is 0 Å². The maximum atomic E-state index is 5.43. The number of nitrogens with one attached hydrogen (secondary N) is 2. The third-order valence-electron chi connectivity index (χ3n) is 5.46. The minimum atomic E-state index is -2.39. The van der Waals surface area contributed by atoms with E-state index in [0.717, 1.165) is 38.6 Å². The summed E-state index contributed by atoms with van der Waals surface area (Å²) in [6, 6.07) is 0.857. The molecule has 2 N–H and O–H groups in total. The average Bonchev–Trinajstić information content (AvgIpc) is 2.73. The molecular weight excluding hydrogens is 368 g/mol. The van der Waals surface area contributed by atoms with Crippen molar-refractivity contribution in [2.45, 2.75) is 96.4 Å². The fraction of sp³-hybridized carbons (Fsp3) is 1.00. The molecule has 0 aromatic rings. The molecule has 0 bridgehead atoms. The van der Waals surface area contributed by atoms with Crippen molar-refractivity contribution in [3.05, 3.63) is 0 Å². The summed E-state index contributed by atoms with van der Waals surface area (Å²) in [6.45, 7) is 6.46. The molecule has 0 radical (unpaired) electrons. The third-order valence-corrected chi connectivity index (χ3v) is 8.29. The summed E-state index contributed by atoms with van der Waals surface area (Å²) in [5.41, 5.74) is 0. The van der Waals surface area contributed by atoms with E-state index >= 15 is 0 Å². The van der Waals surface area contributed by atoms with Crippen LogP contribution >= 0.6 is 0 Å². The molecule has 0 unspecified atom stereocenters. The first-order valence-electron chi connectivity index (χ1n) is 11.8. The quantitative estimate of drug-likeness (QED) is 0.178. The molecule has 170 valence electrons. The third kappa shape index (κ3) is 16.9. The van der Waals surface area contributed by atoms with Crippen molar-refractivity contribution in [2.24, 2.45) is 0 Å². The van der Waals surface area contributed by atoms with Crippen LogP contribution in [0.1, 0.15) is 90.4 Å². The highest BCUT2D eigenvalue weighted by Crippen LogP contribution is 2.14. The molecule has 0 aliphatic carbocycles. The Morgan fingerprint density at radius 3 is 1.32 bits per heavy atom. The summed E-state index contributed by atoms with van der Waals surface area (Å²) >= 11 is 0. The smallest absolute Gasteiger partial charge is 0.377 e. The van der Waals surface area contributed by atoms with Crippen LogP contribution in [0.15, 0.2) is 0 Å². The zero-order valence-corrected chi connectivity index (χ0v) is 20.5. The van der Waals surface area contributed by atoms with E-state index in [1.807, 2.05) is 0 Å². The standard InChI is InChI=1S/C22H50N2O3Si/c1-5-6-7-8-9-10-11-12-13-14-15-16-18-23-20-21-24-19-17-22-28(25-2,26-3)27-4/h23-24H,5-22H2,1-4H3. The van der Waals surface area contributed by atoms with E-state index in [1.165, 1.54) is 77.0 Å². The summed E-state index contributed by atoms with van der Waals surface area (Å²) in [4.78, 5) is 0. The first kappa shape index (κ1) is 28.0. The molecule has 0 saturated carbocycles. The average molecular weight is 419 g/mol. The van der Waals surface area contributed by atoms with E-state index in [4.69, 9.17) is 13.3 Å². The minimum absolute atomic E-state index is 0.857. The van der Waals surface area contributed by atoms with Crippen molar-refractivity contribution in [3.63, 3.8) is 0 Å². The Hall–Kier alpha value is 0.0169. The minimum Gasteiger partial charge on any atom is -0.377 e. The molecule has 6 heteroatoms. The normalized spacial score (nSPS) is 12.0. The van der Waals surface area contributed by atoms with Gasteiger partial charge in [0.15, 0.2) is 0 Å². The van der Waals surface area contributed by atoms with Crippen molar-refractivity contribution in [1.29, 1.82) is 0 Å². The van der Waals surface area contributed by atoms with Crippen molar-refractivity contribution < 1.29 is 13.3 Å². The molecule has 28 heavy (non-hydrogen) atoms. The molecule has 0 rings (SSSR count). The van der Waals surface area contributed by atoms with E-state index < -0.39 is 8.80 Å². The SMILES string of the molecule is CCCCCCCCCCCCCCNCCNCCC[Si](OC)(OC)OC. The summed E-state index contributed by atoms with van der Waals surface area (Å²) in [5.74, 6) is 0. The topological polar surface area (TPSA) is 51.8 Å². The van der Waals surface area contributed by atoms with Gasteiger partial charge in [-0.15, -0.1) is 0 Å². The lowest BCUT2D eigenvalue weighted by Gasteiger charge is -2.24. The van der Waals surface area contributed by atoms with Crippen LogP contribution in [0.25, 0.3) is 0 Å². The van der Waals surface area contributed by atoms with Crippen LogP contribution < -0.4 is 10.6 Å². The number of rotatable bonds is 23. The van der Waals surface area contributed by atoms with E-state index in [2.05, 4.69) is 17.6 Å². The van der Waals surface area contributed by atoms with Crippen LogP contribution in [-0.2, 0) is 13.3 Å². The van der Waals surface area contributed by atoms with Gasteiger partial charge in [0, 0.05) is 40.5 Å². The number of unbranched alkanes of at least 4 members (excludes halogenated alkanes) is 11. The Labute approximate surface area is 177 Å². The van der Waals surface area contributed by atoms with Crippen LogP contribution in [0.2, 0.25) is 6.04 Å². The van der Waals surface area contributed by atoms with Gasteiger partial charge in [0.25, 0.3) is 0 Å². The van der Waals surface area contributed by atoms with Crippen LogP contribution in [0.3, 0.4) is 0 Å². The molecule has 0 fully saturated rings. The zero-order valence-electron chi connectivity index (χ0n) is 19.5. The highest BCUT2D eigenvalue weighted by atomic mass is 28.4. The molecule has 0 saturated heterocycles. The molecule has 0 aromatic heterocycles. The molecule has 0 aliphatic heterocycles. The first-order valence-corrected chi connectivity index (χ1v) is 13.7. The van der Waals surface area contributed by atoms with Gasteiger partial charge < -0.3 is 23.9 Å². The van der Waals surface area contributed by atoms with Gasteiger partial charge in [-0.2, -0.15) is 0 Å². The molecule has 5 nitrogen and oxygen atoms in total. The molecule has 0 atom stereocenters. The van der Waals surface area contributed by atoms with Crippen LogP contribution in [0, 0.1) is 0 Å². The number of hydrogen-bond acceptors (Lipinski definition) is 5. The van der Waals surface area contributed by atoms with Gasteiger partial charge in [0.2, 0.25) is 0 Å². The Balaban J connectivity index is 3.18. The van der Waals surface area contributed by atoms with E-state index in [1.54, 1.807) is 21.3 Å². The second-order valence-corrected chi connectivity index (χ2v) is 10.9. The summed E-state index contributed by atoms with van der Waals surface area (Å²) in [6.07, 6.45) is 18.0. The largest absolute Gasteiger partial charge is 0.500 e. The van der Waals surface area contributed by atoms with Gasteiger partial charge in [-0.3, -0.25) is 0 Å². The van der Waals surface area contributed by atoms with Crippen molar-refractivity contribution in [2.75, 3.05) is 47.5 Å². The fourth-order valence-corrected chi connectivity index (χ4v) is 5.23. The Morgan fingerprint density at radius 2 is 0.893 bits per heavy atom. The number of hydrogen-bond donors (Lipinski definition) is 2. The Kier molecular flexibility index (Phi) is 21.7. The van der Waals surface area contributed by atoms with Gasteiger partial charge in [-0.05, 0) is 25.9 Å². The van der Waals surface area contributed by atoms with E-state index in [-0.39, 0.29) is 0 Å². The summed E-state index contributed by atoms with van der Waals surface area (Å²) in [5, 5.41) is 7.00. The van der Waals surface area contributed by atoms with Gasteiger partial charge >= 0.3 is 8.80 Å². The lowest BCUT2D eigenvalue weighted by atomic mass is 10.1. The monoisotopic (exact) mass is 418 g/mol. The second-order valence-electron chi connectivity index (χ2n) is 7.79. The highest BCUT2D eigenvalue weighted by Gasteiger charge is 2.36.